The highest BCUT2D eigenvalue weighted by Gasteiger charge is 2.05. The van der Waals surface area contributed by atoms with Crippen LogP contribution in [0.4, 0.5) is 0 Å². The molecule has 0 bridgehead atoms. The van der Waals surface area contributed by atoms with Crippen LogP contribution >= 0.6 is 31.9 Å². The van der Waals surface area contributed by atoms with E-state index in [1.54, 1.807) is 19.2 Å². The average Bonchev–Trinajstić information content (AvgIpc) is 2.47. The van der Waals surface area contributed by atoms with E-state index in [-0.39, 0.29) is 0 Å². The molecule has 2 aromatic carbocycles. The zero-order valence-electron chi connectivity index (χ0n) is 10.7. The molecular formula is C15H12Br2O3. The first kappa shape index (κ1) is 15.1. The van der Waals surface area contributed by atoms with Gasteiger partial charge in [0.05, 0.1) is 7.11 Å². The number of methoxy groups -OCH3 is 1. The van der Waals surface area contributed by atoms with Gasteiger partial charge in [-0.2, -0.15) is 0 Å². The summed E-state index contributed by atoms with van der Waals surface area (Å²) in [6.07, 6.45) is 0.790. The molecule has 0 N–H and O–H groups in total. The van der Waals surface area contributed by atoms with Crippen molar-refractivity contribution < 1.29 is 14.3 Å². The largest absolute Gasteiger partial charge is 0.497 e. The highest BCUT2D eigenvalue weighted by Crippen LogP contribution is 2.25. The molecule has 3 nitrogen and oxygen atoms in total. The second-order valence-corrected chi connectivity index (χ2v) is 5.76. The summed E-state index contributed by atoms with van der Waals surface area (Å²) in [6.45, 7) is 0.387. The van der Waals surface area contributed by atoms with E-state index in [0.717, 1.165) is 26.5 Å². The molecule has 0 fully saturated rings. The fraction of sp³-hybridized carbons (Fsp3) is 0.133. The van der Waals surface area contributed by atoms with Gasteiger partial charge in [-0.15, -0.1) is 0 Å². The Morgan fingerprint density at radius 3 is 2.45 bits per heavy atom. The van der Waals surface area contributed by atoms with E-state index in [9.17, 15) is 4.79 Å². The van der Waals surface area contributed by atoms with Crippen LogP contribution in [0.25, 0.3) is 0 Å². The maximum Gasteiger partial charge on any atom is 0.151 e. The summed E-state index contributed by atoms with van der Waals surface area (Å²) in [5, 5.41) is 0. The number of aldehydes is 1. The summed E-state index contributed by atoms with van der Waals surface area (Å²) >= 11 is 6.78. The van der Waals surface area contributed by atoms with Crippen LogP contribution in [0.3, 0.4) is 0 Å². The van der Waals surface area contributed by atoms with E-state index in [4.69, 9.17) is 9.47 Å². The molecule has 2 rings (SSSR count). The number of ether oxygens (including phenoxy) is 2. The molecule has 0 aromatic heterocycles. The van der Waals surface area contributed by atoms with Crippen LogP contribution in [0, 0.1) is 0 Å². The molecule has 0 aliphatic rings. The molecule has 0 aliphatic heterocycles. The molecule has 20 heavy (non-hydrogen) atoms. The van der Waals surface area contributed by atoms with Crippen LogP contribution in [-0.4, -0.2) is 13.4 Å². The molecule has 104 valence electrons. The number of halogens is 2. The third-order valence-corrected chi connectivity index (χ3v) is 4.24. The van der Waals surface area contributed by atoms with Gasteiger partial charge in [-0.1, -0.05) is 31.9 Å². The number of hydrogen-bond donors (Lipinski definition) is 0. The lowest BCUT2D eigenvalue weighted by molar-refractivity contribution is 0.112. The fourth-order valence-corrected chi connectivity index (χ4v) is 2.35. The molecule has 0 saturated carbocycles. The summed E-state index contributed by atoms with van der Waals surface area (Å²) in [5.41, 5.74) is 1.53. The van der Waals surface area contributed by atoms with Crippen molar-refractivity contribution in [3.8, 4) is 11.5 Å². The fourth-order valence-electron chi connectivity index (χ4n) is 1.65. The van der Waals surface area contributed by atoms with E-state index >= 15 is 0 Å². The van der Waals surface area contributed by atoms with Crippen molar-refractivity contribution >= 4 is 38.1 Å². The van der Waals surface area contributed by atoms with Gasteiger partial charge in [-0.25, -0.2) is 0 Å². The molecule has 0 unspecified atom stereocenters. The second-order valence-electron chi connectivity index (χ2n) is 4.05. The van der Waals surface area contributed by atoms with Crippen molar-refractivity contribution in [1.82, 2.24) is 0 Å². The van der Waals surface area contributed by atoms with E-state index < -0.39 is 0 Å². The number of carbonyl (C=O) groups is 1. The SMILES string of the molecule is COc1ccc(Br)c(COc2ccc(Br)c(C=O)c2)c1. The first-order valence-electron chi connectivity index (χ1n) is 5.84. The van der Waals surface area contributed by atoms with Gasteiger partial charge in [-0.3, -0.25) is 4.79 Å². The Hall–Kier alpha value is -1.33. The lowest BCUT2D eigenvalue weighted by Crippen LogP contribution is -1.98. The van der Waals surface area contributed by atoms with Crippen molar-refractivity contribution in [3.05, 3.63) is 56.5 Å². The molecule has 0 heterocycles. The third kappa shape index (κ3) is 3.61. The molecule has 0 aliphatic carbocycles. The molecule has 0 atom stereocenters. The number of benzene rings is 2. The van der Waals surface area contributed by atoms with Gasteiger partial charge >= 0.3 is 0 Å². The Morgan fingerprint density at radius 2 is 1.75 bits per heavy atom. The molecule has 2 aromatic rings. The topological polar surface area (TPSA) is 35.5 Å². The van der Waals surface area contributed by atoms with Crippen LogP contribution in [0.1, 0.15) is 15.9 Å². The van der Waals surface area contributed by atoms with Crippen molar-refractivity contribution in [2.24, 2.45) is 0 Å². The van der Waals surface area contributed by atoms with Crippen LogP contribution in [-0.2, 0) is 6.61 Å². The van der Waals surface area contributed by atoms with Gasteiger partial charge in [-0.05, 0) is 36.4 Å². The van der Waals surface area contributed by atoms with Gasteiger partial charge in [0, 0.05) is 20.1 Å². The zero-order valence-corrected chi connectivity index (χ0v) is 13.9. The summed E-state index contributed by atoms with van der Waals surface area (Å²) in [4.78, 5) is 10.9. The number of hydrogen-bond acceptors (Lipinski definition) is 3. The van der Waals surface area contributed by atoms with Crippen molar-refractivity contribution in [2.45, 2.75) is 6.61 Å². The Labute approximate surface area is 134 Å². The highest BCUT2D eigenvalue weighted by molar-refractivity contribution is 9.10. The highest BCUT2D eigenvalue weighted by atomic mass is 79.9. The van der Waals surface area contributed by atoms with Crippen LogP contribution < -0.4 is 9.47 Å². The summed E-state index contributed by atoms with van der Waals surface area (Å²) in [7, 11) is 1.62. The third-order valence-electron chi connectivity index (χ3n) is 2.74. The molecule has 0 radical (unpaired) electrons. The van der Waals surface area contributed by atoms with E-state index in [1.807, 2.05) is 24.3 Å². The lowest BCUT2D eigenvalue weighted by atomic mass is 10.2. The minimum Gasteiger partial charge on any atom is -0.497 e. The zero-order chi connectivity index (χ0) is 14.5. The van der Waals surface area contributed by atoms with Crippen LogP contribution in [0.5, 0.6) is 11.5 Å². The van der Waals surface area contributed by atoms with Crippen molar-refractivity contribution in [1.29, 1.82) is 0 Å². The van der Waals surface area contributed by atoms with E-state index in [2.05, 4.69) is 31.9 Å². The van der Waals surface area contributed by atoms with E-state index in [0.29, 0.717) is 17.9 Å². The predicted octanol–water partition coefficient (Wildman–Crippen LogP) is 4.61. The molecule has 0 amide bonds. The quantitative estimate of drug-likeness (QED) is 0.688. The number of carbonyl (C=O) groups excluding carboxylic acids is 1. The van der Waals surface area contributed by atoms with Gasteiger partial charge < -0.3 is 9.47 Å². The van der Waals surface area contributed by atoms with Crippen molar-refractivity contribution in [2.75, 3.05) is 7.11 Å². The minimum atomic E-state index is 0.387. The first-order valence-corrected chi connectivity index (χ1v) is 7.42. The van der Waals surface area contributed by atoms with Crippen molar-refractivity contribution in [3.63, 3.8) is 0 Å². The molecule has 5 heteroatoms. The normalized spacial score (nSPS) is 10.2. The maximum atomic E-state index is 10.9. The van der Waals surface area contributed by atoms with Gasteiger partial charge in [0.15, 0.2) is 6.29 Å². The second kappa shape index (κ2) is 6.90. The lowest BCUT2D eigenvalue weighted by Gasteiger charge is -2.10. The van der Waals surface area contributed by atoms with Gasteiger partial charge in [0.2, 0.25) is 0 Å². The molecule has 0 spiro atoms. The monoisotopic (exact) mass is 398 g/mol. The Morgan fingerprint density at radius 1 is 1.05 bits per heavy atom. The standard InChI is InChI=1S/C15H12Br2O3/c1-19-12-2-4-15(17)11(7-12)9-20-13-3-5-14(16)10(6-13)8-18/h2-8H,9H2,1H3. The predicted molar refractivity (Wildman–Crippen MR) is 84.6 cm³/mol. The number of rotatable bonds is 5. The van der Waals surface area contributed by atoms with Crippen LogP contribution in [0.15, 0.2) is 45.3 Å². The maximum absolute atomic E-state index is 10.9. The summed E-state index contributed by atoms with van der Waals surface area (Å²) in [6, 6.07) is 11.0. The average molecular weight is 400 g/mol. The van der Waals surface area contributed by atoms with Gasteiger partial charge in [0.25, 0.3) is 0 Å². The van der Waals surface area contributed by atoms with E-state index in [1.165, 1.54) is 0 Å². The Kier molecular flexibility index (Phi) is 5.20. The summed E-state index contributed by atoms with van der Waals surface area (Å²) < 4.78 is 12.6. The minimum absolute atomic E-state index is 0.387. The van der Waals surface area contributed by atoms with Gasteiger partial charge in [0.1, 0.15) is 18.1 Å². The van der Waals surface area contributed by atoms with Crippen LogP contribution in [0.2, 0.25) is 0 Å². The summed E-state index contributed by atoms with van der Waals surface area (Å²) in [5.74, 6) is 1.42. The molecule has 0 saturated heterocycles. The Bertz CT molecular complexity index is 627. The first-order chi connectivity index (χ1) is 9.63. The smallest absolute Gasteiger partial charge is 0.151 e. The molecular weight excluding hydrogens is 388 g/mol. The Balaban J connectivity index is 2.14.